The smallest absolute Gasteiger partial charge is 0.411 e. The summed E-state index contributed by atoms with van der Waals surface area (Å²) in [6.45, 7) is 0.620. The van der Waals surface area contributed by atoms with Crippen LogP contribution in [0.2, 0.25) is 0 Å². The predicted octanol–water partition coefficient (Wildman–Crippen LogP) is 1.27. The zero-order valence-corrected chi connectivity index (χ0v) is 9.64. The Morgan fingerprint density at radius 1 is 1.59 bits per heavy atom. The SMILES string of the molecule is [B][C@]12CCN(C(=O)OC)C1Nc1ccccc12. The molecule has 0 aliphatic carbocycles. The largest absolute Gasteiger partial charge is 0.453 e. The Balaban J connectivity index is 2.00. The Morgan fingerprint density at radius 2 is 2.35 bits per heavy atom. The lowest BCUT2D eigenvalue weighted by Gasteiger charge is -2.28. The molecule has 2 radical (unpaired) electrons. The van der Waals surface area contributed by atoms with Gasteiger partial charge in [0.1, 0.15) is 6.17 Å². The van der Waals surface area contributed by atoms with E-state index in [1.165, 1.54) is 7.11 Å². The average molecular weight is 228 g/mol. The molecule has 5 heteroatoms. The molecule has 0 spiro atoms. The van der Waals surface area contributed by atoms with E-state index < -0.39 is 5.31 Å². The molecule has 1 saturated heterocycles. The van der Waals surface area contributed by atoms with Gasteiger partial charge in [-0.25, -0.2) is 4.79 Å². The Bertz CT molecular complexity index is 479. The summed E-state index contributed by atoms with van der Waals surface area (Å²) < 4.78 is 4.78. The molecule has 1 amide bonds. The predicted molar refractivity (Wildman–Crippen MR) is 65.0 cm³/mol. The van der Waals surface area contributed by atoms with Gasteiger partial charge in [-0.1, -0.05) is 18.2 Å². The lowest BCUT2D eigenvalue weighted by Crippen LogP contribution is -2.46. The van der Waals surface area contributed by atoms with Crippen LogP contribution in [0.4, 0.5) is 10.5 Å². The zero-order valence-electron chi connectivity index (χ0n) is 9.64. The van der Waals surface area contributed by atoms with Gasteiger partial charge in [0.05, 0.1) is 15.0 Å². The van der Waals surface area contributed by atoms with Crippen molar-refractivity contribution >= 4 is 19.6 Å². The summed E-state index contributed by atoms with van der Waals surface area (Å²) in [5.74, 6) is 0. The van der Waals surface area contributed by atoms with Crippen LogP contribution in [0, 0.1) is 0 Å². The molecule has 17 heavy (non-hydrogen) atoms. The van der Waals surface area contributed by atoms with Crippen molar-refractivity contribution in [2.24, 2.45) is 0 Å². The molecule has 3 rings (SSSR count). The molecule has 2 aliphatic heterocycles. The molecule has 1 fully saturated rings. The van der Waals surface area contributed by atoms with Gasteiger partial charge in [0.15, 0.2) is 0 Å². The summed E-state index contributed by atoms with van der Waals surface area (Å²) in [4.78, 5) is 13.3. The zero-order chi connectivity index (χ0) is 12.0. The Morgan fingerprint density at radius 3 is 3.12 bits per heavy atom. The first-order chi connectivity index (χ1) is 8.16. The number of likely N-dealkylation sites (tertiary alicyclic amines) is 1. The van der Waals surface area contributed by atoms with Crippen LogP contribution >= 0.6 is 0 Å². The molecule has 2 aliphatic rings. The van der Waals surface area contributed by atoms with Gasteiger partial charge in [-0.05, 0) is 23.4 Å². The van der Waals surface area contributed by atoms with Crippen molar-refractivity contribution in [1.82, 2.24) is 4.90 Å². The minimum Gasteiger partial charge on any atom is -0.453 e. The number of carbonyl (C=O) groups is 1. The number of carbonyl (C=O) groups excluding carboxylic acids is 1. The first-order valence-electron chi connectivity index (χ1n) is 5.66. The van der Waals surface area contributed by atoms with E-state index in [4.69, 9.17) is 12.6 Å². The minimum atomic E-state index is -0.495. The number of nitrogens with zero attached hydrogens (tertiary/aromatic N) is 1. The second-order valence-electron chi connectivity index (χ2n) is 4.55. The molecule has 0 aromatic heterocycles. The van der Waals surface area contributed by atoms with E-state index in [9.17, 15) is 4.79 Å². The van der Waals surface area contributed by atoms with E-state index in [0.29, 0.717) is 6.54 Å². The Hall–Kier alpha value is -1.65. The van der Waals surface area contributed by atoms with Crippen molar-refractivity contribution < 1.29 is 9.53 Å². The van der Waals surface area contributed by atoms with Gasteiger partial charge >= 0.3 is 6.09 Å². The van der Waals surface area contributed by atoms with Crippen molar-refractivity contribution in [3.63, 3.8) is 0 Å². The van der Waals surface area contributed by atoms with Crippen LogP contribution in [0.15, 0.2) is 24.3 Å². The molecule has 2 atom stereocenters. The number of benzene rings is 1. The molecule has 4 nitrogen and oxygen atoms in total. The molecular weight excluding hydrogens is 215 g/mol. The summed E-state index contributed by atoms with van der Waals surface area (Å²) in [5, 5.41) is 2.81. The fraction of sp³-hybridized carbons (Fsp3) is 0.417. The summed E-state index contributed by atoms with van der Waals surface area (Å²) in [5.41, 5.74) is 2.09. The number of amides is 1. The maximum absolute atomic E-state index is 11.7. The third-order valence-electron chi connectivity index (χ3n) is 3.70. The standard InChI is InChI=1S/C12H13BN2O2/c1-17-11(16)15-7-6-12(13)8-4-2-3-5-9(8)14-10(12)15/h2-5,10,14H,6-7H2,1H3/t10?,12-/m0/s1. The van der Waals surface area contributed by atoms with E-state index in [2.05, 4.69) is 5.32 Å². The van der Waals surface area contributed by atoms with Crippen molar-refractivity contribution in [3.8, 4) is 0 Å². The molecule has 1 aromatic carbocycles. The van der Waals surface area contributed by atoms with Crippen LogP contribution < -0.4 is 5.32 Å². The highest BCUT2D eigenvalue weighted by atomic mass is 16.5. The fourth-order valence-electron chi connectivity index (χ4n) is 2.81. The molecule has 1 N–H and O–H groups in total. The third-order valence-corrected chi connectivity index (χ3v) is 3.70. The summed E-state index contributed by atoms with van der Waals surface area (Å²) >= 11 is 0. The topological polar surface area (TPSA) is 41.6 Å². The highest BCUT2D eigenvalue weighted by Gasteiger charge is 2.51. The minimum absolute atomic E-state index is 0.202. The number of ether oxygens (including phenoxy) is 1. The normalized spacial score (nSPS) is 29.5. The number of fused-ring (bicyclic) bond motifs is 3. The second-order valence-corrected chi connectivity index (χ2v) is 4.55. The van der Waals surface area contributed by atoms with E-state index >= 15 is 0 Å². The molecular formula is C12H13BN2O2. The van der Waals surface area contributed by atoms with E-state index in [1.54, 1.807) is 4.90 Å². The van der Waals surface area contributed by atoms with Crippen molar-refractivity contribution in [1.29, 1.82) is 0 Å². The van der Waals surface area contributed by atoms with Crippen LogP contribution in [0.5, 0.6) is 0 Å². The van der Waals surface area contributed by atoms with E-state index in [0.717, 1.165) is 17.7 Å². The lowest BCUT2D eigenvalue weighted by atomic mass is 9.63. The van der Waals surface area contributed by atoms with Gasteiger partial charge in [-0.15, -0.1) is 0 Å². The van der Waals surface area contributed by atoms with E-state index in [1.807, 2.05) is 24.3 Å². The number of nitrogens with one attached hydrogen (secondary N) is 1. The number of methoxy groups -OCH3 is 1. The maximum atomic E-state index is 11.7. The Kier molecular flexibility index (Phi) is 2.11. The van der Waals surface area contributed by atoms with Crippen LogP contribution in [0.1, 0.15) is 12.0 Å². The average Bonchev–Trinajstić information content (AvgIpc) is 2.81. The van der Waals surface area contributed by atoms with Crippen LogP contribution in [-0.2, 0) is 10.1 Å². The maximum Gasteiger partial charge on any atom is 0.411 e. The number of anilines is 1. The van der Waals surface area contributed by atoms with Gasteiger partial charge in [-0.3, -0.25) is 4.90 Å². The highest BCUT2D eigenvalue weighted by molar-refractivity contribution is 6.18. The quantitative estimate of drug-likeness (QED) is 0.680. The van der Waals surface area contributed by atoms with Crippen molar-refractivity contribution in [2.75, 3.05) is 19.0 Å². The summed E-state index contributed by atoms with van der Waals surface area (Å²) in [6.07, 6.45) is 0.214. The number of para-hydroxylation sites is 1. The molecule has 86 valence electrons. The van der Waals surface area contributed by atoms with Crippen LogP contribution in [0.25, 0.3) is 0 Å². The van der Waals surface area contributed by atoms with Gasteiger partial charge in [-0.2, -0.15) is 0 Å². The second kappa shape index (κ2) is 3.42. The highest BCUT2D eigenvalue weighted by Crippen LogP contribution is 2.46. The van der Waals surface area contributed by atoms with Crippen molar-refractivity contribution in [2.45, 2.75) is 17.9 Å². The summed E-state index contributed by atoms with van der Waals surface area (Å²) in [6, 6.07) is 7.93. The van der Waals surface area contributed by atoms with Gasteiger partial charge in [0, 0.05) is 12.2 Å². The molecule has 1 unspecified atom stereocenters. The molecule has 1 aromatic rings. The Labute approximate surface area is 101 Å². The van der Waals surface area contributed by atoms with Crippen molar-refractivity contribution in [3.05, 3.63) is 29.8 Å². The van der Waals surface area contributed by atoms with Crippen LogP contribution in [0.3, 0.4) is 0 Å². The molecule has 0 bridgehead atoms. The third kappa shape index (κ3) is 1.28. The molecule has 0 saturated carbocycles. The fourth-order valence-corrected chi connectivity index (χ4v) is 2.81. The number of hydrogen-bond donors (Lipinski definition) is 1. The summed E-state index contributed by atoms with van der Waals surface area (Å²) in [7, 11) is 7.84. The van der Waals surface area contributed by atoms with Gasteiger partial charge < -0.3 is 10.1 Å². The number of rotatable bonds is 0. The lowest BCUT2D eigenvalue weighted by molar-refractivity contribution is 0.121. The van der Waals surface area contributed by atoms with Gasteiger partial charge in [0.2, 0.25) is 0 Å². The number of hydrogen-bond acceptors (Lipinski definition) is 3. The first-order valence-corrected chi connectivity index (χ1v) is 5.66. The van der Waals surface area contributed by atoms with Gasteiger partial charge in [0.25, 0.3) is 0 Å². The first kappa shape index (κ1) is 10.5. The van der Waals surface area contributed by atoms with Crippen LogP contribution in [-0.4, -0.2) is 38.7 Å². The molecule has 2 heterocycles. The monoisotopic (exact) mass is 228 g/mol. The van der Waals surface area contributed by atoms with E-state index in [-0.39, 0.29) is 12.3 Å².